The van der Waals surface area contributed by atoms with Crippen LogP contribution in [0.1, 0.15) is 13.3 Å². The molecule has 0 bridgehead atoms. The molecule has 0 aliphatic rings. The first-order valence-corrected chi connectivity index (χ1v) is 9.15. The Labute approximate surface area is 120 Å². The van der Waals surface area contributed by atoms with Crippen molar-refractivity contribution in [3.63, 3.8) is 0 Å². The lowest BCUT2D eigenvalue weighted by Gasteiger charge is -2.19. The van der Waals surface area contributed by atoms with Gasteiger partial charge in [0.05, 0.1) is 5.69 Å². The molecule has 19 heavy (non-hydrogen) atoms. The fraction of sp³-hybridized carbons (Fsp3) is 0.538. The minimum absolute atomic E-state index is 0.354. The third-order valence-electron chi connectivity index (χ3n) is 2.75. The Hall–Kier alpha value is -0.720. The van der Waals surface area contributed by atoms with Gasteiger partial charge in [-0.3, -0.25) is 0 Å². The highest BCUT2D eigenvalue weighted by Gasteiger charge is 2.23. The fourth-order valence-corrected chi connectivity index (χ4v) is 3.51. The SMILES string of the molecule is CCCNc1ccccc1S(=O)(=O)N(C)CCSC. The van der Waals surface area contributed by atoms with Crippen molar-refractivity contribution in [2.24, 2.45) is 0 Å². The predicted molar refractivity (Wildman–Crippen MR) is 83.4 cm³/mol. The Morgan fingerprint density at radius 3 is 2.63 bits per heavy atom. The van der Waals surface area contributed by atoms with Crippen molar-refractivity contribution in [3.8, 4) is 0 Å². The normalized spacial score (nSPS) is 11.8. The maximum atomic E-state index is 12.5. The number of sulfonamides is 1. The van der Waals surface area contributed by atoms with E-state index >= 15 is 0 Å². The molecule has 1 aromatic carbocycles. The summed E-state index contributed by atoms with van der Waals surface area (Å²) in [5.74, 6) is 0.792. The fourth-order valence-electron chi connectivity index (χ4n) is 1.61. The van der Waals surface area contributed by atoms with Gasteiger partial charge in [-0.2, -0.15) is 11.8 Å². The van der Waals surface area contributed by atoms with Gasteiger partial charge in [-0.15, -0.1) is 0 Å². The van der Waals surface area contributed by atoms with Crippen LogP contribution in [0.3, 0.4) is 0 Å². The lowest BCUT2D eigenvalue weighted by Crippen LogP contribution is -2.29. The van der Waals surface area contributed by atoms with Gasteiger partial charge in [0.15, 0.2) is 0 Å². The molecule has 0 aromatic heterocycles. The summed E-state index contributed by atoms with van der Waals surface area (Å²) < 4.78 is 26.4. The number of rotatable bonds is 8. The van der Waals surface area contributed by atoms with Crippen molar-refractivity contribution in [1.29, 1.82) is 0 Å². The van der Waals surface area contributed by atoms with Crippen LogP contribution in [0.5, 0.6) is 0 Å². The molecule has 1 aromatic rings. The number of nitrogens with zero attached hydrogens (tertiary/aromatic N) is 1. The van der Waals surface area contributed by atoms with Crippen LogP contribution in [0.4, 0.5) is 5.69 Å². The monoisotopic (exact) mass is 302 g/mol. The van der Waals surface area contributed by atoms with E-state index in [9.17, 15) is 8.42 Å². The summed E-state index contributed by atoms with van der Waals surface area (Å²) in [6, 6.07) is 7.07. The summed E-state index contributed by atoms with van der Waals surface area (Å²) in [7, 11) is -1.79. The zero-order valence-corrected chi connectivity index (χ0v) is 13.4. The molecule has 0 saturated heterocycles. The maximum Gasteiger partial charge on any atom is 0.244 e. The van der Waals surface area contributed by atoms with Gasteiger partial charge in [0.25, 0.3) is 0 Å². The molecule has 0 atom stereocenters. The largest absolute Gasteiger partial charge is 0.384 e. The molecule has 0 spiro atoms. The molecule has 0 fully saturated rings. The molecule has 0 heterocycles. The first kappa shape index (κ1) is 16.3. The molecule has 0 saturated carbocycles. The molecule has 0 unspecified atom stereocenters. The average Bonchev–Trinajstić information content (AvgIpc) is 2.42. The van der Waals surface area contributed by atoms with Crippen LogP contribution in [0.15, 0.2) is 29.2 Å². The molecule has 0 amide bonds. The molecule has 6 heteroatoms. The lowest BCUT2D eigenvalue weighted by atomic mass is 10.3. The van der Waals surface area contributed by atoms with Gasteiger partial charge in [-0.05, 0) is 24.8 Å². The van der Waals surface area contributed by atoms with E-state index in [0.29, 0.717) is 17.1 Å². The second-order valence-electron chi connectivity index (χ2n) is 4.24. The summed E-state index contributed by atoms with van der Waals surface area (Å²) in [6.07, 6.45) is 2.92. The van der Waals surface area contributed by atoms with Gasteiger partial charge in [0, 0.05) is 25.9 Å². The summed E-state index contributed by atoms with van der Waals surface area (Å²) in [5.41, 5.74) is 0.681. The van der Waals surface area contributed by atoms with Crippen LogP contribution >= 0.6 is 11.8 Å². The van der Waals surface area contributed by atoms with Crippen molar-refractivity contribution in [2.45, 2.75) is 18.2 Å². The Kier molecular flexibility index (Phi) is 6.68. The van der Waals surface area contributed by atoms with Crippen LogP contribution < -0.4 is 5.32 Å². The number of anilines is 1. The molecule has 0 aliphatic heterocycles. The minimum Gasteiger partial charge on any atom is -0.384 e. The predicted octanol–water partition coefficient (Wildman–Crippen LogP) is 2.49. The average molecular weight is 302 g/mol. The minimum atomic E-state index is -3.41. The van der Waals surface area contributed by atoms with Gasteiger partial charge in [0.1, 0.15) is 4.90 Å². The second kappa shape index (κ2) is 7.77. The molecule has 0 radical (unpaired) electrons. The van der Waals surface area contributed by atoms with Crippen LogP contribution in [0.25, 0.3) is 0 Å². The number of benzene rings is 1. The van der Waals surface area contributed by atoms with Crippen molar-refractivity contribution in [2.75, 3.05) is 37.5 Å². The third-order valence-corrected chi connectivity index (χ3v) is 5.26. The van der Waals surface area contributed by atoms with E-state index in [-0.39, 0.29) is 0 Å². The van der Waals surface area contributed by atoms with E-state index in [4.69, 9.17) is 0 Å². The summed E-state index contributed by atoms with van der Waals surface area (Å²) >= 11 is 1.64. The highest BCUT2D eigenvalue weighted by Crippen LogP contribution is 2.23. The zero-order valence-electron chi connectivity index (χ0n) is 11.7. The first-order valence-electron chi connectivity index (χ1n) is 6.32. The van der Waals surface area contributed by atoms with E-state index < -0.39 is 10.0 Å². The van der Waals surface area contributed by atoms with Crippen LogP contribution in [-0.2, 0) is 10.0 Å². The molecule has 0 aliphatic carbocycles. The molecule has 108 valence electrons. The first-order chi connectivity index (χ1) is 9.04. The Balaban J connectivity index is 3.00. The highest BCUT2D eigenvalue weighted by atomic mass is 32.2. The number of nitrogens with one attached hydrogen (secondary N) is 1. The Bertz CT molecular complexity index is 489. The van der Waals surface area contributed by atoms with Crippen molar-refractivity contribution in [1.82, 2.24) is 4.31 Å². The molecule has 1 N–H and O–H groups in total. The topological polar surface area (TPSA) is 49.4 Å². The van der Waals surface area contributed by atoms with E-state index in [1.54, 1.807) is 30.9 Å². The van der Waals surface area contributed by atoms with Crippen LogP contribution in [-0.4, -0.2) is 44.9 Å². The van der Waals surface area contributed by atoms with Crippen molar-refractivity contribution < 1.29 is 8.42 Å². The summed E-state index contributed by atoms with van der Waals surface area (Å²) in [6.45, 7) is 3.33. The van der Waals surface area contributed by atoms with Gasteiger partial charge in [0.2, 0.25) is 10.0 Å². The van der Waals surface area contributed by atoms with Gasteiger partial charge in [-0.25, -0.2) is 12.7 Å². The Morgan fingerprint density at radius 2 is 2.00 bits per heavy atom. The van der Waals surface area contributed by atoms with E-state index in [1.807, 2.05) is 18.4 Å². The van der Waals surface area contributed by atoms with Crippen molar-refractivity contribution in [3.05, 3.63) is 24.3 Å². The van der Waals surface area contributed by atoms with Gasteiger partial charge < -0.3 is 5.32 Å². The summed E-state index contributed by atoms with van der Waals surface area (Å²) in [5, 5.41) is 3.17. The smallest absolute Gasteiger partial charge is 0.244 e. The number of hydrogen-bond donors (Lipinski definition) is 1. The molecular weight excluding hydrogens is 280 g/mol. The van der Waals surface area contributed by atoms with E-state index in [0.717, 1.165) is 18.7 Å². The molecule has 1 rings (SSSR count). The second-order valence-corrected chi connectivity index (χ2v) is 7.24. The number of para-hydroxylation sites is 1. The van der Waals surface area contributed by atoms with Gasteiger partial charge >= 0.3 is 0 Å². The highest BCUT2D eigenvalue weighted by molar-refractivity contribution is 7.98. The standard InChI is InChI=1S/C13H22N2O2S2/c1-4-9-14-12-7-5-6-8-13(12)19(16,17)15(2)10-11-18-3/h5-8,14H,4,9-11H2,1-3H3. The van der Waals surface area contributed by atoms with Crippen molar-refractivity contribution >= 4 is 27.5 Å². The van der Waals surface area contributed by atoms with Gasteiger partial charge in [-0.1, -0.05) is 19.1 Å². The maximum absolute atomic E-state index is 12.5. The number of hydrogen-bond acceptors (Lipinski definition) is 4. The Morgan fingerprint density at radius 1 is 1.32 bits per heavy atom. The van der Waals surface area contributed by atoms with Crippen LogP contribution in [0.2, 0.25) is 0 Å². The molecule has 4 nitrogen and oxygen atoms in total. The quantitative estimate of drug-likeness (QED) is 0.801. The summed E-state index contributed by atoms with van der Waals surface area (Å²) in [4.78, 5) is 0.354. The van der Waals surface area contributed by atoms with Crippen LogP contribution in [0, 0.1) is 0 Å². The number of thioether (sulfide) groups is 1. The van der Waals surface area contributed by atoms with E-state index in [2.05, 4.69) is 12.2 Å². The lowest BCUT2D eigenvalue weighted by molar-refractivity contribution is 0.489. The third kappa shape index (κ3) is 4.40. The zero-order chi connectivity index (χ0) is 14.3. The molecular formula is C13H22N2O2S2. The van der Waals surface area contributed by atoms with E-state index in [1.165, 1.54) is 4.31 Å².